The van der Waals surface area contributed by atoms with Crippen LogP contribution in [0.15, 0.2) is 23.1 Å². The van der Waals surface area contributed by atoms with Gasteiger partial charge in [-0.15, -0.1) is 12.4 Å². The van der Waals surface area contributed by atoms with Crippen LogP contribution in [0.3, 0.4) is 0 Å². The Labute approximate surface area is 168 Å². The van der Waals surface area contributed by atoms with Gasteiger partial charge in [0.15, 0.2) is 0 Å². The minimum Gasteiger partial charge on any atom is -0.496 e. The van der Waals surface area contributed by atoms with Crippen LogP contribution in [-0.2, 0) is 21.4 Å². The van der Waals surface area contributed by atoms with Gasteiger partial charge in [-0.1, -0.05) is 20.8 Å². The van der Waals surface area contributed by atoms with Gasteiger partial charge in [-0.25, -0.2) is 13.1 Å². The van der Waals surface area contributed by atoms with Crippen LogP contribution in [0.5, 0.6) is 5.75 Å². The third-order valence-corrected chi connectivity index (χ3v) is 5.69. The molecule has 0 aliphatic heterocycles. The minimum atomic E-state index is -3.77. The second-order valence-corrected chi connectivity index (χ2v) is 8.75. The predicted molar refractivity (Wildman–Crippen MR) is 110 cm³/mol. The summed E-state index contributed by atoms with van der Waals surface area (Å²) >= 11 is 0. The van der Waals surface area contributed by atoms with Crippen LogP contribution in [-0.4, -0.2) is 33.5 Å². The number of benzene rings is 1. The normalized spacial score (nSPS) is 13.6. The van der Waals surface area contributed by atoms with E-state index >= 15 is 0 Å². The maximum Gasteiger partial charge on any atom is 0.241 e. The molecule has 1 amide bonds. The van der Waals surface area contributed by atoms with Crippen molar-refractivity contribution in [1.29, 1.82) is 0 Å². The molecular weight excluding hydrogens is 390 g/mol. The van der Waals surface area contributed by atoms with E-state index in [0.717, 1.165) is 0 Å². The molecule has 1 atom stereocenters. The highest BCUT2D eigenvalue weighted by molar-refractivity contribution is 7.89. The molecule has 0 fully saturated rings. The van der Waals surface area contributed by atoms with E-state index < -0.39 is 15.6 Å². The van der Waals surface area contributed by atoms with Gasteiger partial charge in [0, 0.05) is 30.6 Å². The molecule has 0 saturated heterocycles. The van der Waals surface area contributed by atoms with E-state index in [1.54, 1.807) is 19.9 Å². The lowest BCUT2D eigenvalue weighted by Crippen LogP contribution is -2.52. The molecule has 27 heavy (non-hydrogen) atoms. The van der Waals surface area contributed by atoms with E-state index in [1.807, 2.05) is 13.8 Å². The van der Waals surface area contributed by atoms with Crippen LogP contribution < -0.4 is 20.5 Å². The Morgan fingerprint density at radius 1 is 1.33 bits per heavy atom. The second kappa shape index (κ2) is 10.8. The average Bonchev–Trinajstić information content (AvgIpc) is 2.57. The van der Waals surface area contributed by atoms with Crippen molar-refractivity contribution in [3.05, 3.63) is 23.8 Å². The first-order chi connectivity index (χ1) is 12.1. The number of carbonyl (C=O) groups is 1. The first-order valence-electron chi connectivity index (χ1n) is 8.74. The zero-order chi connectivity index (χ0) is 20.0. The number of nitrogens with two attached hydrogens (primary N) is 1. The van der Waals surface area contributed by atoms with Crippen LogP contribution in [0.4, 0.5) is 0 Å². The summed E-state index contributed by atoms with van der Waals surface area (Å²) in [4.78, 5) is 11.6. The lowest BCUT2D eigenvalue weighted by Gasteiger charge is -2.30. The van der Waals surface area contributed by atoms with Crippen LogP contribution in [0.25, 0.3) is 0 Å². The molecule has 9 heteroatoms. The van der Waals surface area contributed by atoms with E-state index in [9.17, 15) is 13.2 Å². The number of rotatable bonds is 10. The van der Waals surface area contributed by atoms with Gasteiger partial charge >= 0.3 is 0 Å². The van der Waals surface area contributed by atoms with Crippen molar-refractivity contribution in [2.45, 2.75) is 57.5 Å². The summed E-state index contributed by atoms with van der Waals surface area (Å²) < 4.78 is 33.7. The maximum atomic E-state index is 12.8. The summed E-state index contributed by atoms with van der Waals surface area (Å²) in [5.74, 6) is 0.692. The molecule has 1 unspecified atom stereocenters. The Hall–Kier alpha value is -1.35. The lowest BCUT2D eigenvalue weighted by atomic mass is 9.92. The number of carbonyl (C=O) groups excluding carboxylic acids is 1. The predicted octanol–water partition coefficient (Wildman–Crippen LogP) is 2.19. The lowest BCUT2D eigenvalue weighted by molar-refractivity contribution is -0.120. The van der Waals surface area contributed by atoms with Crippen molar-refractivity contribution in [2.24, 2.45) is 11.7 Å². The van der Waals surface area contributed by atoms with Gasteiger partial charge in [0.05, 0.1) is 12.0 Å². The van der Waals surface area contributed by atoms with Crippen molar-refractivity contribution in [3.8, 4) is 5.75 Å². The van der Waals surface area contributed by atoms with Gasteiger partial charge in [-0.3, -0.25) is 4.79 Å². The fraction of sp³-hybridized carbons (Fsp3) is 0.611. The monoisotopic (exact) mass is 421 g/mol. The Kier molecular flexibility index (Phi) is 10.3. The minimum absolute atomic E-state index is 0. The quantitative estimate of drug-likeness (QED) is 0.536. The Balaban J connectivity index is 0.00000676. The van der Waals surface area contributed by atoms with Crippen molar-refractivity contribution >= 4 is 28.3 Å². The van der Waals surface area contributed by atoms with Crippen LogP contribution in [0.2, 0.25) is 0 Å². The Morgan fingerprint density at radius 3 is 2.44 bits per heavy atom. The first-order valence-corrected chi connectivity index (χ1v) is 10.2. The van der Waals surface area contributed by atoms with Gasteiger partial charge in [0.25, 0.3) is 0 Å². The Bertz CT molecular complexity index is 725. The fourth-order valence-electron chi connectivity index (χ4n) is 2.83. The second-order valence-electron chi connectivity index (χ2n) is 7.07. The highest BCUT2D eigenvalue weighted by Gasteiger charge is 2.30. The van der Waals surface area contributed by atoms with Crippen molar-refractivity contribution < 1.29 is 17.9 Å². The van der Waals surface area contributed by atoms with Gasteiger partial charge < -0.3 is 15.8 Å². The van der Waals surface area contributed by atoms with E-state index in [1.165, 1.54) is 19.2 Å². The maximum absolute atomic E-state index is 12.8. The third-order valence-electron chi connectivity index (χ3n) is 4.05. The highest BCUT2D eigenvalue weighted by Crippen LogP contribution is 2.24. The third kappa shape index (κ3) is 7.65. The number of sulfonamides is 1. The molecule has 0 aromatic heterocycles. The van der Waals surface area contributed by atoms with Gasteiger partial charge in [0.1, 0.15) is 5.75 Å². The molecule has 1 aromatic carbocycles. The smallest absolute Gasteiger partial charge is 0.241 e. The van der Waals surface area contributed by atoms with E-state index in [-0.39, 0.29) is 36.3 Å². The zero-order valence-corrected chi connectivity index (χ0v) is 18.3. The first kappa shape index (κ1) is 25.6. The average molecular weight is 422 g/mol. The number of nitrogens with one attached hydrogen (secondary N) is 2. The summed E-state index contributed by atoms with van der Waals surface area (Å²) in [6.45, 7) is 7.98. The molecule has 156 valence electrons. The largest absolute Gasteiger partial charge is 0.496 e. The van der Waals surface area contributed by atoms with Gasteiger partial charge in [-0.2, -0.15) is 0 Å². The number of halogens is 1. The van der Waals surface area contributed by atoms with Gasteiger partial charge in [-0.05, 0) is 37.5 Å². The summed E-state index contributed by atoms with van der Waals surface area (Å²) in [5.41, 5.74) is 5.68. The van der Waals surface area contributed by atoms with Gasteiger partial charge in [0.2, 0.25) is 15.9 Å². The van der Waals surface area contributed by atoms with Crippen molar-refractivity contribution in [3.63, 3.8) is 0 Å². The standard InChI is InChI=1S/C18H31N3O4S.ClH/c1-6-17(22)20-11-14-9-15(7-8-16(14)25-5)26(23,24)21-18(4,12-19)10-13(2)3;/h7-9,13,21H,6,10-12,19H2,1-5H3,(H,20,22);1H. The molecule has 4 N–H and O–H groups in total. The van der Waals surface area contributed by atoms with E-state index in [4.69, 9.17) is 10.5 Å². The van der Waals surface area contributed by atoms with Crippen LogP contribution >= 0.6 is 12.4 Å². The van der Waals surface area contributed by atoms with E-state index in [2.05, 4.69) is 10.0 Å². The molecule has 0 aliphatic carbocycles. The Morgan fingerprint density at radius 2 is 1.96 bits per heavy atom. The topological polar surface area (TPSA) is 111 Å². The summed E-state index contributed by atoms with van der Waals surface area (Å²) in [7, 11) is -2.26. The van der Waals surface area contributed by atoms with Crippen LogP contribution in [0.1, 0.15) is 46.1 Å². The molecule has 0 radical (unpaired) electrons. The number of amides is 1. The molecule has 1 aromatic rings. The number of ether oxygens (including phenoxy) is 1. The molecule has 0 heterocycles. The summed E-state index contributed by atoms with van der Waals surface area (Å²) in [6.07, 6.45) is 0.976. The molecule has 0 saturated carbocycles. The summed E-state index contributed by atoms with van der Waals surface area (Å²) in [6, 6.07) is 4.59. The summed E-state index contributed by atoms with van der Waals surface area (Å²) in [5, 5.41) is 2.73. The molecule has 0 aliphatic rings. The van der Waals surface area contributed by atoms with Crippen molar-refractivity contribution in [2.75, 3.05) is 13.7 Å². The van der Waals surface area contributed by atoms with E-state index in [0.29, 0.717) is 30.1 Å². The molecule has 0 spiro atoms. The highest BCUT2D eigenvalue weighted by atomic mass is 35.5. The molecule has 7 nitrogen and oxygen atoms in total. The van der Waals surface area contributed by atoms with Crippen LogP contribution in [0, 0.1) is 5.92 Å². The molecule has 0 bridgehead atoms. The zero-order valence-electron chi connectivity index (χ0n) is 16.7. The van der Waals surface area contributed by atoms with Crippen molar-refractivity contribution in [1.82, 2.24) is 10.0 Å². The fourth-order valence-corrected chi connectivity index (χ4v) is 4.31. The number of hydrogen-bond acceptors (Lipinski definition) is 5. The number of hydrogen-bond donors (Lipinski definition) is 3. The number of methoxy groups -OCH3 is 1. The molecule has 1 rings (SSSR count). The molecular formula is C18H32ClN3O4S. The SMILES string of the molecule is CCC(=O)NCc1cc(S(=O)(=O)NC(C)(CN)CC(C)C)ccc1OC.Cl.